The highest BCUT2D eigenvalue weighted by molar-refractivity contribution is 5.81. The first kappa shape index (κ1) is 14.8. The third kappa shape index (κ3) is 3.21. The van der Waals surface area contributed by atoms with Crippen molar-refractivity contribution in [3.8, 4) is 0 Å². The summed E-state index contributed by atoms with van der Waals surface area (Å²) >= 11 is 0. The molecule has 0 bridgehead atoms. The second kappa shape index (κ2) is 6.32. The number of carbonyl (C=O) groups is 2. The molecular weight excluding hydrogens is 268 g/mol. The van der Waals surface area contributed by atoms with Crippen molar-refractivity contribution < 1.29 is 9.59 Å². The van der Waals surface area contributed by atoms with Crippen molar-refractivity contribution >= 4 is 11.8 Å². The van der Waals surface area contributed by atoms with Crippen molar-refractivity contribution in [1.82, 2.24) is 20.4 Å². The first-order valence-corrected chi connectivity index (χ1v) is 8.18. The molecule has 0 aromatic heterocycles. The van der Waals surface area contributed by atoms with Gasteiger partial charge in [0.25, 0.3) is 0 Å². The van der Waals surface area contributed by atoms with Gasteiger partial charge < -0.3 is 15.5 Å². The predicted molar refractivity (Wildman–Crippen MR) is 79.8 cm³/mol. The van der Waals surface area contributed by atoms with E-state index in [4.69, 9.17) is 0 Å². The maximum Gasteiger partial charge on any atom is 0.239 e. The number of piperidine rings is 2. The molecule has 0 aromatic rings. The fraction of sp³-hybridized carbons (Fsp3) is 0.867. The molecule has 3 aliphatic heterocycles. The molecule has 21 heavy (non-hydrogen) atoms. The van der Waals surface area contributed by atoms with Crippen LogP contribution in [0.1, 0.15) is 26.2 Å². The van der Waals surface area contributed by atoms with Gasteiger partial charge in [-0.2, -0.15) is 0 Å². The smallest absolute Gasteiger partial charge is 0.239 e. The van der Waals surface area contributed by atoms with Crippen LogP contribution in [0.25, 0.3) is 0 Å². The summed E-state index contributed by atoms with van der Waals surface area (Å²) in [5.74, 6) is 0.958. The van der Waals surface area contributed by atoms with Crippen molar-refractivity contribution in [3.63, 3.8) is 0 Å². The second-order valence-corrected chi connectivity index (χ2v) is 6.51. The van der Waals surface area contributed by atoms with Gasteiger partial charge in [-0.15, -0.1) is 0 Å². The van der Waals surface area contributed by atoms with Crippen LogP contribution in [0, 0.1) is 5.92 Å². The van der Waals surface area contributed by atoms with Crippen molar-refractivity contribution in [3.05, 3.63) is 0 Å². The summed E-state index contributed by atoms with van der Waals surface area (Å²) in [5, 5.41) is 6.38. The molecular formula is C15H26N4O2. The lowest BCUT2D eigenvalue weighted by atomic mass is 9.84. The number of piperazine rings is 1. The van der Waals surface area contributed by atoms with Gasteiger partial charge in [-0.05, 0) is 25.7 Å². The summed E-state index contributed by atoms with van der Waals surface area (Å²) in [5.41, 5.74) is 0. The summed E-state index contributed by atoms with van der Waals surface area (Å²) < 4.78 is 0. The lowest BCUT2D eigenvalue weighted by molar-refractivity contribution is -0.138. The van der Waals surface area contributed by atoms with Crippen LogP contribution in [0.2, 0.25) is 0 Å². The maximum atomic E-state index is 12.6. The van der Waals surface area contributed by atoms with Crippen LogP contribution in [-0.4, -0.2) is 73.0 Å². The molecule has 0 spiro atoms. The summed E-state index contributed by atoms with van der Waals surface area (Å²) in [4.78, 5) is 28.3. The number of carbonyl (C=O) groups excluding carboxylic acids is 2. The molecule has 0 saturated carbocycles. The number of nitrogens with one attached hydrogen (secondary N) is 2. The topological polar surface area (TPSA) is 64.7 Å². The van der Waals surface area contributed by atoms with Crippen molar-refractivity contribution in [1.29, 1.82) is 0 Å². The van der Waals surface area contributed by atoms with Crippen molar-refractivity contribution in [2.75, 3.05) is 39.3 Å². The summed E-state index contributed by atoms with van der Waals surface area (Å²) in [6.07, 6.45) is 2.56. The highest BCUT2D eigenvalue weighted by Crippen LogP contribution is 2.26. The van der Waals surface area contributed by atoms with Gasteiger partial charge in [0.05, 0.1) is 6.04 Å². The number of fused-ring (bicyclic) bond motifs is 1. The SMILES string of the molecule is CC(C(=O)N1CCNCC1)N1CCC2NC(=O)CCC2C1. The Bertz CT molecular complexity index is 408. The molecule has 0 aromatic carbocycles. The quantitative estimate of drug-likeness (QED) is 0.714. The monoisotopic (exact) mass is 294 g/mol. The number of hydrogen-bond donors (Lipinski definition) is 2. The Balaban J connectivity index is 1.56. The van der Waals surface area contributed by atoms with Crippen LogP contribution in [0.5, 0.6) is 0 Å². The van der Waals surface area contributed by atoms with E-state index in [0.717, 1.165) is 52.1 Å². The normalized spacial score (nSPS) is 32.2. The molecule has 3 atom stereocenters. The van der Waals surface area contributed by atoms with Crippen LogP contribution in [-0.2, 0) is 9.59 Å². The molecule has 0 aliphatic carbocycles. The molecule has 3 heterocycles. The number of hydrogen-bond acceptors (Lipinski definition) is 4. The van der Waals surface area contributed by atoms with Gasteiger partial charge in [-0.1, -0.05) is 0 Å². The molecule has 3 aliphatic rings. The molecule has 3 unspecified atom stereocenters. The Kier molecular flexibility index (Phi) is 4.45. The Morgan fingerprint density at radius 3 is 2.76 bits per heavy atom. The summed E-state index contributed by atoms with van der Waals surface area (Å²) in [7, 11) is 0. The maximum absolute atomic E-state index is 12.6. The molecule has 6 heteroatoms. The van der Waals surface area contributed by atoms with E-state index < -0.39 is 0 Å². The molecule has 6 nitrogen and oxygen atoms in total. The van der Waals surface area contributed by atoms with E-state index in [1.54, 1.807) is 0 Å². The molecule has 3 rings (SSSR count). The van der Waals surface area contributed by atoms with Crippen LogP contribution in [0.3, 0.4) is 0 Å². The Morgan fingerprint density at radius 2 is 2.00 bits per heavy atom. The zero-order valence-electron chi connectivity index (χ0n) is 12.8. The largest absolute Gasteiger partial charge is 0.353 e. The first-order chi connectivity index (χ1) is 10.1. The zero-order chi connectivity index (χ0) is 14.8. The number of amides is 2. The van der Waals surface area contributed by atoms with Gasteiger partial charge in [0, 0.05) is 51.7 Å². The lowest BCUT2D eigenvalue weighted by Gasteiger charge is -2.44. The van der Waals surface area contributed by atoms with Crippen molar-refractivity contribution in [2.24, 2.45) is 5.92 Å². The van der Waals surface area contributed by atoms with E-state index >= 15 is 0 Å². The van der Waals surface area contributed by atoms with Crippen LogP contribution < -0.4 is 10.6 Å². The van der Waals surface area contributed by atoms with E-state index in [2.05, 4.69) is 15.5 Å². The Morgan fingerprint density at radius 1 is 1.24 bits per heavy atom. The fourth-order valence-corrected chi connectivity index (χ4v) is 3.80. The average Bonchev–Trinajstić information content (AvgIpc) is 2.53. The average molecular weight is 294 g/mol. The summed E-state index contributed by atoms with van der Waals surface area (Å²) in [6, 6.07) is 0.283. The highest BCUT2D eigenvalue weighted by atomic mass is 16.2. The highest BCUT2D eigenvalue weighted by Gasteiger charge is 2.37. The second-order valence-electron chi connectivity index (χ2n) is 6.51. The number of rotatable bonds is 2. The number of likely N-dealkylation sites (tertiary alicyclic amines) is 1. The van der Waals surface area contributed by atoms with Crippen LogP contribution in [0.15, 0.2) is 0 Å². The van der Waals surface area contributed by atoms with E-state index in [-0.39, 0.29) is 17.9 Å². The van der Waals surface area contributed by atoms with Gasteiger partial charge in [0.1, 0.15) is 0 Å². The van der Waals surface area contributed by atoms with Crippen molar-refractivity contribution in [2.45, 2.75) is 38.3 Å². The standard InChI is InChI=1S/C15H26N4O2/c1-11(15(21)18-8-5-16-6-9-18)19-7-4-13-12(10-19)2-3-14(20)17-13/h11-13,16H,2-10H2,1H3,(H,17,20). The van der Waals surface area contributed by atoms with Crippen LogP contribution in [0.4, 0.5) is 0 Å². The van der Waals surface area contributed by atoms with E-state index in [0.29, 0.717) is 18.4 Å². The summed E-state index contributed by atoms with van der Waals surface area (Å²) in [6.45, 7) is 7.30. The van der Waals surface area contributed by atoms with Gasteiger partial charge in [-0.25, -0.2) is 0 Å². The Labute approximate surface area is 126 Å². The zero-order valence-corrected chi connectivity index (χ0v) is 12.8. The molecule has 118 valence electrons. The minimum Gasteiger partial charge on any atom is -0.353 e. The molecule has 0 radical (unpaired) electrons. The van der Waals surface area contributed by atoms with Crippen LogP contribution >= 0.6 is 0 Å². The first-order valence-electron chi connectivity index (χ1n) is 8.18. The third-order valence-electron chi connectivity index (χ3n) is 5.19. The van der Waals surface area contributed by atoms with E-state index in [1.165, 1.54) is 0 Å². The minimum absolute atomic E-state index is 0.0401. The minimum atomic E-state index is -0.0401. The van der Waals surface area contributed by atoms with Gasteiger partial charge in [-0.3, -0.25) is 14.5 Å². The van der Waals surface area contributed by atoms with E-state index in [1.807, 2.05) is 11.8 Å². The predicted octanol–water partition coefficient (Wildman–Crippen LogP) is -0.593. The lowest BCUT2D eigenvalue weighted by Crippen LogP contribution is -2.59. The molecule has 2 amide bonds. The van der Waals surface area contributed by atoms with Gasteiger partial charge in [0.2, 0.25) is 11.8 Å². The molecule has 2 N–H and O–H groups in total. The Hall–Kier alpha value is -1.14. The van der Waals surface area contributed by atoms with Gasteiger partial charge in [0.15, 0.2) is 0 Å². The molecule has 3 saturated heterocycles. The number of nitrogens with zero attached hydrogens (tertiary/aromatic N) is 2. The molecule has 3 fully saturated rings. The fourth-order valence-electron chi connectivity index (χ4n) is 3.80. The van der Waals surface area contributed by atoms with Gasteiger partial charge >= 0.3 is 0 Å². The third-order valence-corrected chi connectivity index (χ3v) is 5.19. The van der Waals surface area contributed by atoms with E-state index in [9.17, 15) is 9.59 Å².